The molecule has 0 spiro atoms. The molecule has 0 N–H and O–H groups in total. The van der Waals surface area contributed by atoms with Gasteiger partial charge in [-0.2, -0.15) is 0 Å². The van der Waals surface area contributed by atoms with Gasteiger partial charge in [0, 0.05) is 6.54 Å². The van der Waals surface area contributed by atoms with Crippen molar-refractivity contribution in [3.8, 4) is 0 Å². The van der Waals surface area contributed by atoms with E-state index in [0.29, 0.717) is 6.54 Å². The molecule has 0 aromatic carbocycles. The number of carbonyl (C=O) groups excluding carboxylic acids is 2. The number of ether oxygens (including phenoxy) is 1. The lowest BCUT2D eigenvalue weighted by Crippen LogP contribution is -2.55. The normalized spacial score (nSPS) is 21.4. The van der Waals surface area contributed by atoms with E-state index >= 15 is 0 Å². The monoisotopic (exact) mass is 199 g/mol. The van der Waals surface area contributed by atoms with Crippen LogP contribution in [0.25, 0.3) is 0 Å². The summed E-state index contributed by atoms with van der Waals surface area (Å²) in [6.07, 6.45) is 0.373. The van der Waals surface area contributed by atoms with Crippen LogP contribution in [0.1, 0.15) is 34.1 Å². The highest BCUT2D eigenvalue weighted by molar-refractivity contribution is 5.87. The predicted octanol–water partition coefficient (Wildman–Crippen LogP) is 1.58. The van der Waals surface area contributed by atoms with Gasteiger partial charge in [0.05, 0.1) is 6.04 Å². The van der Waals surface area contributed by atoms with Crippen molar-refractivity contribution in [2.24, 2.45) is 0 Å². The van der Waals surface area contributed by atoms with Gasteiger partial charge in [0.15, 0.2) is 5.78 Å². The van der Waals surface area contributed by atoms with Gasteiger partial charge in [-0.3, -0.25) is 9.69 Å². The van der Waals surface area contributed by atoms with Crippen LogP contribution >= 0.6 is 0 Å². The Morgan fingerprint density at radius 3 is 2.21 bits per heavy atom. The largest absolute Gasteiger partial charge is 0.444 e. The second kappa shape index (κ2) is 3.59. The minimum absolute atomic E-state index is 0.0297. The van der Waals surface area contributed by atoms with Gasteiger partial charge in [-0.05, 0) is 34.1 Å². The smallest absolute Gasteiger partial charge is 0.410 e. The van der Waals surface area contributed by atoms with Crippen molar-refractivity contribution in [1.82, 2.24) is 4.90 Å². The van der Waals surface area contributed by atoms with Crippen molar-refractivity contribution in [1.29, 1.82) is 0 Å². The van der Waals surface area contributed by atoms with Gasteiger partial charge < -0.3 is 4.74 Å². The zero-order chi connectivity index (χ0) is 10.9. The fourth-order valence-electron chi connectivity index (χ4n) is 1.35. The standard InChI is InChI=1S/C10H17NO3/c1-7(12)8-5-6-11(8)9(13)14-10(2,3)4/h8H,5-6H2,1-4H3. The van der Waals surface area contributed by atoms with Crippen LogP contribution in [0.4, 0.5) is 4.79 Å². The second-order valence-corrected chi connectivity index (χ2v) is 4.59. The lowest BCUT2D eigenvalue weighted by molar-refractivity contribution is -0.126. The van der Waals surface area contributed by atoms with E-state index in [4.69, 9.17) is 4.74 Å². The first-order valence-electron chi connectivity index (χ1n) is 4.81. The second-order valence-electron chi connectivity index (χ2n) is 4.59. The number of nitrogens with zero attached hydrogens (tertiary/aromatic N) is 1. The Hall–Kier alpha value is -1.06. The number of hydrogen-bond donors (Lipinski definition) is 0. The molecule has 1 heterocycles. The third-order valence-electron chi connectivity index (χ3n) is 2.12. The van der Waals surface area contributed by atoms with E-state index in [1.807, 2.05) is 20.8 Å². The number of ketones is 1. The van der Waals surface area contributed by atoms with Gasteiger partial charge in [0.25, 0.3) is 0 Å². The van der Waals surface area contributed by atoms with Gasteiger partial charge >= 0.3 is 6.09 Å². The van der Waals surface area contributed by atoms with E-state index in [1.165, 1.54) is 11.8 Å². The number of amides is 1. The third kappa shape index (κ3) is 2.47. The molecule has 1 amide bonds. The van der Waals surface area contributed by atoms with E-state index in [2.05, 4.69) is 0 Å². The Labute approximate surface area is 84.2 Å². The first kappa shape index (κ1) is 11.0. The summed E-state index contributed by atoms with van der Waals surface area (Å²) in [5.41, 5.74) is -0.492. The zero-order valence-corrected chi connectivity index (χ0v) is 9.16. The summed E-state index contributed by atoms with van der Waals surface area (Å²) < 4.78 is 5.16. The molecule has 14 heavy (non-hydrogen) atoms. The molecule has 0 aliphatic carbocycles. The fraction of sp³-hybridized carbons (Fsp3) is 0.800. The lowest BCUT2D eigenvalue weighted by Gasteiger charge is -2.39. The molecule has 0 radical (unpaired) electrons. The van der Waals surface area contributed by atoms with Crippen LogP contribution in [0.2, 0.25) is 0 Å². The summed E-state index contributed by atoms with van der Waals surface area (Å²) in [4.78, 5) is 24.0. The molecule has 80 valence electrons. The number of hydrogen-bond acceptors (Lipinski definition) is 3. The van der Waals surface area contributed by atoms with Crippen LogP contribution in [-0.4, -0.2) is 35.0 Å². The summed E-state index contributed by atoms with van der Waals surface area (Å²) in [5, 5.41) is 0. The number of likely N-dealkylation sites (tertiary alicyclic amines) is 1. The first-order valence-corrected chi connectivity index (χ1v) is 4.81. The maximum atomic E-state index is 11.5. The molecule has 1 aliphatic heterocycles. The number of carbonyl (C=O) groups is 2. The zero-order valence-electron chi connectivity index (χ0n) is 9.16. The Balaban J connectivity index is 2.51. The molecule has 0 saturated carbocycles. The maximum absolute atomic E-state index is 11.5. The SMILES string of the molecule is CC(=O)C1CCN1C(=O)OC(C)(C)C. The van der Waals surface area contributed by atoms with Crippen molar-refractivity contribution in [2.75, 3.05) is 6.54 Å². The van der Waals surface area contributed by atoms with E-state index in [9.17, 15) is 9.59 Å². The summed E-state index contributed by atoms with van der Waals surface area (Å²) in [7, 11) is 0. The Morgan fingerprint density at radius 1 is 1.36 bits per heavy atom. The Kier molecular flexibility index (Phi) is 2.83. The molecule has 1 unspecified atom stereocenters. The molecule has 0 aromatic heterocycles. The van der Waals surface area contributed by atoms with Crippen molar-refractivity contribution < 1.29 is 14.3 Å². The van der Waals surface area contributed by atoms with Gasteiger partial charge in [0.1, 0.15) is 5.60 Å². The van der Waals surface area contributed by atoms with Gasteiger partial charge in [0.2, 0.25) is 0 Å². The van der Waals surface area contributed by atoms with E-state index in [-0.39, 0.29) is 17.9 Å². The molecule has 4 nitrogen and oxygen atoms in total. The van der Waals surface area contributed by atoms with Crippen LogP contribution < -0.4 is 0 Å². The average Bonchev–Trinajstić information content (AvgIpc) is 1.75. The average molecular weight is 199 g/mol. The van der Waals surface area contributed by atoms with Crippen LogP contribution in [-0.2, 0) is 9.53 Å². The molecular formula is C10H17NO3. The number of rotatable bonds is 1. The van der Waals surface area contributed by atoms with Crippen molar-refractivity contribution in [3.63, 3.8) is 0 Å². The van der Waals surface area contributed by atoms with Crippen LogP contribution in [0.3, 0.4) is 0 Å². The van der Waals surface area contributed by atoms with Crippen LogP contribution in [0, 0.1) is 0 Å². The lowest BCUT2D eigenvalue weighted by atomic mass is 10.0. The quantitative estimate of drug-likeness (QED) is 0.644. The van der Waals surface area contributed by atoms with E-state index in [0.717, 1.165) is 6.42 Å². The highest BCUT2D eigenvalue weighted by Crippen LogP contribution is 2.21. The predicted molar refractivity (Wildman–Crippen MR) is 52.0 cm³/mol. The Morgan fingerprint density at radius 2 is 1.93 bits per heavy atom. The van der Waals surface area contributed by atoms with E-state index in [1.54, 1.807) is 0 Å². The number of Topliss-reactive ketones (excluding diaryl/α,β-unsaturated/α-hetero) is 1. The highest BCUT2D eigenvalue weighted by atomic mass is 16.6. The topological polar surface area (TPSA) is 46.6 Å². The molecule has 1 aliphatic rings. The minimum Gasteiger partial charge on any atom is -0.444 e. The summed E-state index contributed by atoms with van der Waals surface area (Å²) in [6, 6.07) is -0.259. The van der Waals surface area contributed by atoms with E-state index < -0.39 is 5.60 Å². The summed E-state index contributed by atoms with van der Waals surface area (Å²) in [6.45, 7) is 7.56. The molecule has 1 fully saturated rings. The van der Waals surface area contributed by atoms with Gasteiger partial charge in [-0.1, -0.05) is 0 Å². The highest BCUT2D eigenvalue weighted by Gasteiger charge is 2.37. The fourth-order valence-corrected chi connectivity index (χ4v) is 1.35. The van der Waals surface area contributed by atoms with Crippen LogP contribution in [0.5, 0.6) is 0 Å². The summed E-state index contributed by atoms with van der Waals surface area (Å²) >= 11 is 0. The van der Waals surface area contributed by atoms with Crippen molar-refractivity contribution >= 4 is 11.9 Å². The first-order chi connectivity index (χ1) is 6.31. The van der Waals surface area contributed by atoms with Crippen molar-refractivity contribution in [2.45, 2.75) is 45.8 Å². The molecule has 1 saturated heterocycles. The van der Waals surface area contributed by atoms with Gasteiger partial charge in [-0.25, -0.2) is 4.79 Å². The van der Waals surface area contributed by atoms with Crippen LogP contribution in [0.15, 0.2) is 0 Å². The Bertz CT molecular complexity index is 255. The van der Waals surface area contributed by atoms with Gasteiger partial charge in [-0.15, -0.1) is 0 Å². The van der Waals surface area contributed by atoms with Crippen molar-refractivity contribution in [3.05, 3.63) is 0 Å². The molecule has 0 aromatic rings. The third-order valence-corrected chi connectivity index (χ3v) is 2.12. The maximum Gasteiger partial charge on any atom is 0.410 e. The molecule has 1 rings (SSSR count). The minimum atomic E-state index is -0.492. The molecule has 0 bridgehead atoms. The molecular weight excluding hydrogens is 182 g/mol. The molecule has 1 atom stereocenters. The molecule has 4 heteroatoms. The summed E-state index contributed by atoms with van der Waals surface area (Å²) in [5.74, 6) is 0.0297.